The molecule has 0 amide bonds. The predicted molar refractivity (Wildman–Crippen MR) is 71.1 cm³/mol. The predicted octanol–water partition coefficient (Wildman–Crippen LogP) is 3.20. The number of nitrogens with zero attached hydrogens (tertiary/aromatic N) is 2. The van der Waals surface area contributed by atoms with E-state index in [0.29, 0.717) is 11.4 Å². The number of hydrogen-bond acceptors (Lipinski definition) is 3. The van der Waals surface area contributed by atoms with Crippen LogP contribution in [-0.4, -0.2) is 15.1 Å². The van der Waals surface area contributed by atoms with Crippen molar-refractivity contribution < 1.29 is 5.11 Å². The molecule has 1 N–H and O–H groups in total. The molecule has 0 fully saturated rings. The van der Waals surface area contributed by atoms with Gasteiger partial charge >= 0.3 is 0 Å². The van der Waals surface area contributed by atoms with E-state index in [1.54, 1.807) is 12.1 Å². The molecule has 0 spiro atoms. The van der Waals surface area contributed by atoms with E-state index in [4.69, 9.17) is 0 Å². The quantitative estimate of drug-likeness (QED) is 0.829. The van der Waals surface area contributed by atoms with Gasteiger partial charge in [-0.05, 0) is 43.0 Å². The van der Waals surface area contributed by atoms with Gasteiger partial charge in [0.25, 0.3) is 0 Å². The fourth-order valence-corrected chi connectivity index (χ4v) is 2.15. The Kier molecular flexibility index (Phi) is 2.81. The highest BCUT2D eigenvalue weighted by Crippen LogP contribution is 2.27. The molecule has 3 heteroatoms. The molecule has 18 heavy (non-hydrogen) atoms. The van der Waals surface area contributed by atoms with Gasteiger partial charge in [0, 0.05) is 6.20 Å². The zero-order chi connectivity index (χ0) is 12.4. The standard InChI is InChI=1S/C15H14N2O/c18-14-9-5-4-7-12(14)15-16-10-11-6-2-1-3-8-13(11)17-15/h3-5,7-10,18H,1-2,6H2. The Labute approximate surface area is 106 Å². The number of fused-ring (bicyclic) bond motifs is 1. The van der Waals surface area contributed by atoms with E-state index in [1.807, 2.05) is 24.4 Å². The molecule has 3 nitrogen and oxygen atoms in total. The number of aromatic nitrogens is 2. The summed E-state index contributed by atoms with van der Waals surface area (Å²) in [5.74, 6) is 0.799. The van der Waals surface area contributed by atoms with Gasteiger partial charge in [-0.1, -0.05) is 18.2 Å². The fraction of sp³-hybridized carbons (Fsp3) is 0.200. The maximum Gasteiger partial charge on any atom is 0.163 e. The van der Waals surface area contributed by atoms with Gasteiger partial charge < -0.3 is 5.11 Å². The number of hydrogen-bond donors (Lipinski definition) is 1. The fourth-order valence-electron chi connectivity index (χ4n) is 2.15. The van der Waals surface area contributed by atoms with E-state index in [9.17, 15) is 5.11 Å². The second kappa shape index (κ2) is 4.61. The van der Waals surface area contributed by atoms with E-state index in [2.05, 4.69) is 16.0 Å². The van der Waals surface area contributed by atoms with Crippen molar-refractivity contribution in [3.8, 4) is 17.1 Å². The Morgan fingerprint density at radius 1 is 1.17 bits per heavy atom. The van der Waals surface area contributed by atoms with E-state index < -0.39 is 0 Å². The van der Waals surface area contributed by atoms with Crippen LogP contribution in [0.15, 0.2) is 36.5 Å². The van der Waals surface area contributed by atoms with Crippen LogP contribution in [0.25, 0.3) is 17.5 Å². The van der Waals surface area contributed by atoms with Crippen molar-refractivity contribution in [1.29, 1.82) is 0 Å². The second-order valence-corrected chi connectivity index (χ2v) is 4.42. The van der Waals surface area contributed by atoms with Gasteiger partial charge in [0.05, 0.1) is 11.3 Å². The first-order valence-corrected chi connectivity index (χ1v) is 6.15. The molecule has 90 valence electrons. The van der Waals surface area contributed by atoms with Crippen molar-refractivity contribution in [1.82, 2.24) is 9.97 Å². The minimum Gasteiger partial charge on any atom is -0.507 e. The van der Waals surface area contributed by atoms with Crippen LogP contribution in [0.4, 0.5) is 0 Å². The van der Waals surface area contributed by atoms with Crippen LogP contribution in [0.3, 0.4) is 0 Å². The summed E-state index contributed by atoms with van der Waals surface area (Å²) < 4.78 is 0. The van der Waals surface area contributed by atoms with E-state index in [-0.39, 0.29) is 5.75 Å². The van der Waals surface area contributed by atoms with Crippen molar-refractivity contribution in [2.45, 2.75) is 19.3 Å². The summed E-state index contributed by atoms with van der Waals surface area (Å²) in [7, 11) is 0. The van der Waals surface area contributed by atoms with Crippen LogP contribution in [0, 0.1) is 0 Å². The zero-order valence-electron chi connectivity index (χ0n) is 10.0. The number of allylic oxidation sites excluding steroid dienone is 1. The van der Waals surface area contributed by atoms with Gasteiger partial charge in [-0.25, -0.2) is 9.97 Å². The molecular weight excluding hydrogens is 224 g/mol. The van der Waals surface area contributed by atoms with Crippen LogP contribution < -0.4 is 0 Å². The summed E-state index contributed by atoms with van der Waals surface area (Å²) >= 11 is 0. The number of phenolic OH excluding ortho intramolecular Hbond substituents is 1. The van der Waals surface area contributed by atoms with E-state index >= 15 is 0 Å². The highest BCUT2D eigenvalue weighted by molar-refractivity contribution is 5.65. The van der Waals surface area contributed by atoms with Crippen LogP contribution in [-0.2, 0) is 6.42 Å². The van der Waals surface area contributed by atoms with Gasteiger partial charge in [-0.3, -0.25) is 0 Å². The first kappa shape index (κ1) is 11.0. The monoisotopic (exact) mass is 238 g/mol. The van der Waals surface area contributed by atoms with Crippen molar-refractivity contribution >= 4 is 6.08 Å². The van der Waals surface area contributed by atoms with Crippen molar-refractivity contribution in [2.24, 2.45) is 0 Å². The molecular formula is C15H14N2O. The molecule has 0 aliphatic heterocycles. The molecule has 1 aliphatic carbocycles. The normalized spacial score (nSPS) is 14.0. The van der Waals surface area contributed by atoms with Crippen LogP contribution in [0.2, 0.25) is 0 Å². The molecule has 0 atom stereocenters. The molecule has 3 rings (SSSR count). The minimum absolute atomic E-state index is 0.218. The van der Waals surface area contributed by atoms with Crippen LogP contribution in [0.1, 0.15) is 24.1 Å². The van der Waals surface area contributed by atoms with Crippen molar-refractivity contribution in [3.05, 3.63) is 47.8 Å². The number of benzene rings is 1. The van der Waals surface area contributed by atoms with E-state index in [1.165, 1.54) is 5.56 Å². The SMILES string of the molecule is Oc1ccccc1-c1ncc2c(n1)C=CCCC2. The Hall–Kier alpha value is -2.16. The minimum atomic E-state index is 0.218. The lowest BCUT2D eigenvalue weighted by molar-refractivity contribution is 0.477. The third-order valence-corrected chi connectivity index (χ3v) is 3.14. The molecule has 1 aromatic heterocycles. The van der Waals surface area contributed by atoms with Crippen molar-refractivity contribution in [2.75, 3.05) is 0 Å². The smallest absolute Gasteiger partial charge is 0.163 e. The molecule has 1 aromatic carbocycles. The highest BCUT2D eigenvalue weighted by atomic mass is 16.3. The van der Waals surface area contributed by atoms with Gasteiger partial charge in [0.2, 0.25) is 0 Å². The first-order valence-electron chi connectivity index (χ1n) is 6.15. The number of aryl methyl sites for hydroxylation is 1. The molecule has 1 aliphatic rings. The summed E-state index contributed by atoms with van der Waals surface area (Å²) in [5, 5.41) is 9.83. The van der Waals surface area contributed by atoms with Crippen molar-refractivity contribution in [3.63, 3.8) is 0 Å². The van der Waals surface area contributed by atoms with Gasteiger partial charge in [0.15, 0.2) is 5.82 Å². The number of para-hydroxylation sites is 1. The summed E-state index contributed by atoms with van der Waals surface area (Å²) in [4.78, 5) is 8.91. The molecule has 0 unspecified atom stereocenters. The Morgan fingerprint density at radius 2 is 2.06 bits per heavy atom. The lowest BCUT2D eigenvalue weighted by Gasteiger charge is -2.06. The average molecular weight is 238 g/mol. The Morgan fingerprint density at radius 3 is 2.94 bits per heavy atom. The lowest BCUT2D eigenvalue weighted by atomic mass is 10.1. The maximum absolute atomic E-state index is 9.83. The molecule has 0 saturated heterocycles. The number of aromatic hydroxyl groups is 1. The third kappa shape index (κ3) is 1.99. The zero-order valence-corrected chi connectivity index (χ0v) is 10.0. The number of rotatable bonds is 1. The molecule has 0 saturated carbocycles. The van der Waals surface area contributed by atoms with Gasteiger partial charge in [-0.15, -0.1) is 0 Å². The maximum atomic E-state index is 9.83. The molecule has 0 bridgehead atoms. The summed E-state index contributed by atoms with van der Waals surface area (Å²) in [6, 6.07) is 7.15. The number of phenols is 1. The third-order valence-electron chi connectivity index (χ3n) is 3.14. The summed E-state index contributed by atoms with van der Waals surface area (Å²) in [6.45, 7) is 0. The largest absolute Gasteiger partial charge is 0.507 e. The Bertz CT molecular complexity index is 605. The molecule has 2 aromatic rings. The molecule has 1 heterocycles. The topological polar surface area (TPSA) is 46.0 Å². The first-order chi connectivity index (χ1) is 8.84. The second-order valence-electron chi connectivity index (χ2n) is 4.42. The summed E-state index contributed by atoms with van der Waals surface area (Å²) in [6.07, 6.45) is 9.31. The van der Waals surface area contributed by atoms with Gasteiger partial charge in [0.1, 0.15) is 5.75 Å². The highest BCUT2D eigenvalue weighted by Gasteiger charge is 2.10. The summed E-state index contributed by atoms with van der Waals surface area (Å²) in [5.41, 5.74) is 2.83. The molecule has 0 radical (unpaired) electrons. The Balaban J connectivity index is 2.09. The van der Waals surface area contributed by atoms with Gasteiger partial charge in [-0.2, -0.15) is 0 Å². The van der Waals surface area contributed by atoms with Crippen LogP contribution >= 0.6 is 0 Å². The lowest BCUT2D eigenvalue weighted by Crippen LogP contribution is -1.97. The van der Waals surface area contributed by atoms with Crippen LogP contribution in [0.5, 0.6) is 5.75 Å². The van der Waals surface area contributed by atoms with E-state index in [0.717, 1.165) is 25.0 Å². The average Bonchev–Trinajstić information content (AvgIpc) is 2.63.